The molecule has 1 rings (SSSR count). The number of hydrogen-bond acceptors (Lipinski definition) is 2. The molecular formula is C9H17ClN2O. The molecule has 0 aromatic rings. The number of halogens is 1. The summed E-state index contributed by atoms with van der Waals surface area (Å²) in [5.74, 6) is 0.739. The Bertz CT molecular complexity index is 186. The van der Waals surface area contributed by atoms with Gasteiger partial charge in [0.15, 0.2) is 0 Å². The Labute approximate surface area is 84.6 Å². The Kier molecular flexibility index (Phi) is 4.00. The van der Waals surface area contributed by atoms with Crippen LogP contribution in [-0.4, -0.2) is 48.9 Å². The SMILES string of the molecule is CN1CCC(CCN(C)C(=O)Cl)C1. The van der Waals surface area contributed by atoms with Crippen LogP contribution < -0.4 is 0 Å². The first-order valence-electron chi connectivity index (χ1n) is 4.68. The van der Waals surface area contributed by atoms with E-state index in [1.54, 1.807) is 11.9 Å². The maximum absolute atomic E-state index is 10.7. The van der Waals surface area contributed by atoms with Crippen LogP contribution in [-0.2, 0) is 0 Å². The summed E-state index contributed by atoms with van der Waals surface area (Å²) >= 11 is 5.32. The van der Waals surface area contributed by atoms with Gasteiger partial charge in [-0.1, -0.05) is 0 Å². The van der Waals surface area contributed by atoms with E-state index in [0.717, 1.165) is 25.4 Å². The molecule has 0 aromatic carbocycles. The average Bonchev–Trinajstić information content (AvgIpc) is 2.47. The van der Waals surface area contributed by atoms with Crippen molar-refractivity contribution in [2.24, 2.45) is 5.92 Å². The molecular weight excluding hydrogens is 188 g/mol. The van der Waals surface area contributed by atoms with Crippen molar-refractivity contribution in [2.45, 2.75) is 12.8 Å². The zero-order chi connectivity index (χ0) is 9.84. The van der Waals surface area contributed by atoms with E-state index < -0.39 is 0 Å². The molecule has 0 radical (unpaired) electrons. The van der Waals surface area contributed by atoms with Gasteiger partial charge in [0.2, 0.25) is 0 Å². The maximum atomic E-state index is 10.7. The molecule has 0 bridgehead atoms. The maximum Gasteiger partial charge on any atom is 0.316 e. The third kappa shape index (κ3) is 3.53. The second-order valence-corrected chi connectivity index (χ2v) is 4.20. The first-order chi connectivity index (χ1) is 6.09. The fourth-order valence-electron chi connectivity index (χ4n) is 1.73. The van der Waals surface area contributed by atoms with Crippen LogP contribution in [0.25, 0.3) is 0 Å². The number of carbonyl (C=O) groups is 1. The van der Waals surface area contributed by atoms with Crippen LogP contribution >= 0.6 is 11.6 Å². The van der Waals surface area contributed by atoms with E-state index in [4.69, 9.17) is 11.6 Å². The van der Waals surface area contributed by atoms with Gasteiger partial charge >= 0.3 is 5.37 Å². The monoisotopic (exact) mass is 204 g/mol. The largest absolute Gasteiger partial charge is 0.332 e. The fourth-order valence-corrected chi connectivity index (χ4v) is 1.81. The van der Waals surface area contributed by atoms with Gasteiger partial charge in [-0.25, -0.2) is 0 Å². The lowest BCUT2D eigenvalue weighted by molar-refractivity contribution is 0.228. The van der Waals surface area contributed by atoms with Crippen molar-refractivity contribution in [3.8, 4) is 0 Å². The predicted octanol–water partition coefficient (Wildman–Crippen LogP) is 1.62. The molecule has 1 aliphatic rings. The first-order valence-corrected chi connectivity index (χ1v) is 5.06. The Balaban J connectivity index is 2.16. The Morgan fingerprint density at radius 1 is 1.69 bits per heavy atom. The summed E-state index contributed by atoms with van der Waals surface area (Å²) in [7, 11) is 3.88. The molecule has 0 aromatic heterocycles. The number of amides is 1. The van der Waals surface area contributed by atoms with Gasteiger partial charge in [0, 0.05) is 20.1 Å². The molecule has 0 saturated carbocycles. The molecule has 1 heterocycles. The van der Waals surface area contributed by atoms with Gasteiger partial charge in [-0.05, 0) is 44.0 Å². The highest BCUT2D eigenvalue weighted by atomic mass is 35.5. The van der Waals surface area contributed by atoms with Crippen LogP contribution in [0.1, 0.15) is 12.8 Å². The summed E-state index contributed by atoms with van der Waals surface area (Å²) < 4.78 is 0. The van der Waals surface area contributed by atoms with Gasteiger partial charge in [-0.15, -0.1) is 0 Å². The molecule has 1 aliphatic heterocycles. The highest BCUT2D eigenvalue weighted by Gasteiger charge is 2.19. The van der Waals surface area contributed by atoms with Crippen LogP contribution in [0.5, 0.6) is 0 Å². The number of hydrogen-bond donors (Lipinski definition) is 0. The molecule has 4 heteroatoms. The third-order valence-electron chi connectivity index (χ3n) is 2.66. The summed E-state index contributed by atoms with van der Waals surface area (Å²) in [5, 5.41) is -0.355. The van der Waals surface area contributed by atoms with Crippen LogP contribution in [0, 0.1) is 5.92 Å². The third-order valence-corrected chi connectivity index (χ3v) is 2.95. The van der Waals surface area contributed by atoms with Crippen molar-refractivity contribution >= 4 is 17.0 Å². The normalized spacial score (nSPS) is 23.5. The second-order valence-electron chi connectivity index (χ2n) is 3.88. The van der Waals surface area contributed by atoms with E-state index in [2.05, 4.69) is 11.9 Å². The molecule has 0 spiro atoms. The molecule has 0 aliphatic carbocycles. The van der Waals surface area contributed by atoms with Crippen molar-refractivity contribution in [1.82, 2.24) is 9.80 Å². The van der Waals surface area contributed by atoms with E-state index in [1.807, 2.05) is 0 Å². The molecule has 1 atom stereocenters. The number of carbonyl (C=O) groups excluding carboxylic acids is 1. The van der Waals surface area contributed by atoms with Crippen molar-refractivity contribution in [2.75, 3.05) is 33.7 Å². The van der Waals surface area contributed by atoms with Crippen LogP contribution in [0.4, 0.5) is 4.79 Å². The smallest absolute Gasteiger partial charge is 0.316 e. The minimum atomic E-state index is -0.355. The van der Waals surface area contributed by atoms with Gasteiger partial charge in [0.1, 0.15) is 0 Å². The molecule has 3 nitrogen and oxygen atoms in total. The molecule has 76 valence electrons. The zero-order valence-corrected chi connectivity index (χ0v) is 9.05. The van der Waals surface area contributed by atoms with Gasteiger partial charge in [0.05, 0.1) is 0 Å². The predicted molar refractivity (Wildman–Crippen MR) is 54.1 cm³/mol. The lowest BCUT2D eigenvalue weighted by Gasteiger charge is -2.16. The highest BCUT2D eigenvalue weighted by molar-refractivity contribution is 6.62. The molecule has 1 saturated heterocycles. The van der Waals surface area contributed by atoms with Crippen LogP contribution in [0.15, 0.2) is 0 Å². The van der Waals surface area contributed by atoms with E-state index in [1.165, 1.54) is 13.0 Å². The lowest BCUT2D eigenvalue weighted by atomic mass is 10.1. The first kappa shape index (κ1) is 10.8. The molecule has 1 unspecified atom stereocenters. The van der Waals surface area contributed by atoms with E-state index in [-0.39, 0.29) is 5.37 Å². The number of nitrogens with zero attached hydrogens (tertiary/aromatic N) is 2. The summed E-state index contributed by atoms with van der Waals surface area (Å²) in [6.07, 6.45) is 2.32. The minimum Gasteiger partial charge on any atom is -0.332 e. The summed E-state index contributed by atoms with van der Waals surface area (Å²) in [6.45, 7) is 3.12. The second kappa shape index (κ2) is 4.82. The van der Waals surface area contributed by atoms with Crippen LogP contribution in [0.2, 0.25) is 0 Å². The number of rotatable bonds is 3. The van der Waals surface area contributed by atoms with Crippen molar-refractivity contribution in [1.29, 1.82) is 0 Å². The van der Waals surface area contributed by atoms with Crippen molar-refractivity contribution < 1.29 is 4.79 Å². The van der Waals surface area contributed by atoms with Crippen LogP contribution in [0.3, 0.4) is 0 Å². The summed E-state index contributed by atoms with van der Waals surface area (Å²) in [6, 6.07) is 0. The number of likely N-dealkylation sites (tertiary alicyclic amines) is 1. The van der Waals surface area contributed by atoms with E-state index >= 15 is 0 Å². The van der Waals surface area contributed by atoms with Gasteiger partial charge in [0.25, 0.3) is 0 Å². The molecule has 13 heavy (non-hydrogen) atoms. The molecule has 1 fully saturated rings. The standard InChI is InChI=1S/C9H17ClN2O/c1-11-5-3-8(7-11)4-6-12(2)9(10)13/h8H,3-7H2,1-2H3. The molecule has 1 amide bonds. The average molecular weight is 205 g/mol. The summed E-state index contributed by atoms with van der Waals surface area (Å²) in [4.78, 5) is 14.6. The Morgan fingerprint density at radius 3 is 2.85 bits per heavy atom. The highest BCUT2D eigenvalue weighted by Crippen LogP contribution is 2.18. The minimum absolute atomic E-state index is 0.355. The van der Waals surface area contributed by atoms with Gasteiger partial charge in [-0.2, -0.15) is 0 Å². The zero-order valence-electron chi connectivity index (χ0n) is 8.29. The summed E-state index contributed by atoms with van der Waals surface area (Å²) in [5.41, 5.74) is 0. The van der Waals surface area contributed by atoms with Crippen molar-refractivity contribution in [3.05, 3.63) is 0 Å². The quantitative estimate of drug-likeness (QED) is 0.515. The Hall–Kier alpha value is -0.280. The molecule has 0 N–H and O–H groups in total. The van der Waals surface area contributed by atoms with E-state index in [0.29, 0.717) is 0 Å². The van der Waals surface area contributed by atoms with Crippen molar-refractivity contribution in [3.63, 3.8) is 0 Å². The topological polar surface area (TPSA) is 23.6 Å². The van der Waals surface area contributed by atoms with Gasteiger partial charge < -0.3 is 9.80 Å². The lowest BCUT2D eigenvalue weighted by Crippen LogP contribution is -2.24. The fraction of sp³-hybridized carbons (Fsp3) is 0.889. The van der Waals surface area contributed by atoms with Gasteiger partial charge in [-0.3, -0.25) is 4.79 Å². The Morgan fingerprint density at radius 2 is 2.38 bits per heavy atom. The van der Waals surface area contributed by atoms with E-state index in [9.17, 15) is 4.79 Å².